The fraction of sp³-hybridized carbons (Fsp3) is 0.882. The summed E-state index contributed by atoms with van der Waals surface area (Å²) in [7, 11) is 0. The van der Waals surface area contributed by atoms with Crippen LogP contribution in [0.5, 0.6) is 0 Å². The Morgan fingerprint density at radius 2 is 1.90 bits per heavy atom. The first-order chi connectivity index (χ1) is 9.82. The zero-order valence-corrected chi connectivity index (χ0v) is 14.3. The van der Waals surface area contributed by atoms with Gasteiger partial charge in [0.25, 0.3) is 0 Å². The van der Waals surface area contributed by atoms with Crippen molar-refractivity contribution in [1.29, 1.82) is 0 Å². The quantitative estimate of drug-likeness (QED) is 0.577. The van der Waals surface area contributed by atoms with Crippen LogP contribution in [0.3, 0.4) is 0 Å². The van der Waals surface area contributed by atoms with E-state index in [0.717, 1.165) is 32.2 Å². The van der Waals surface area contributed by atoms with Gasteiger partial charge in [-0.1, -0.05) is 34.1 Å². The molecule has 0 radical (unpaired) electrons. The summed E-state index contributed by atoms with van der Waals surface area (Å²) in [5.74, 6) is -1.12. The number of hydrogen-bond donors (Lipinski definition) is 0. The predicted molar refractivity (Wildman–Crippen MR) is 83.8 cm³/mol. The molecular weight excluding hydrogens is 266 g/mol. The Hall–Kier alpha value is -1.06. The standard InChI is InChI=1S/C17H31NO3/c1-6-10-13-11-8-9-12-18(13)15(19)14(17(3,4)5)16(20)21-7-2/h13-14H,6-12H2,1-5H3. The van der Waals surface area contributed by atoms with Gasteiger partial charge in [-0.15, -0.1) is 0 Å². The van der Waals surface area contributed by atoms with Crippen LogP contribution in [0, 0.1) is 11.3 Å². The fourth-order valence-electron chi connectivity index (χ4n) is 3.14. The van der Waals surface area contributed by atoms with E-state index in [0.29, 0.717) is 6.61 Å². The van der Waals surface area contributed by atoms with Crippen LogP contribution >= 0.6 is 0 Å². The lowest BCUT2D eigenvalue weighted by atomic mass is 9.79. The van der Waals surface area contributed by atoms with E-state index in [9.17, 15) is 9.59 Å². The Labute approximate surface area is 129 Å². The minimum Gasteiger partial charge on any atom is -0.465 e. The van der Waals surface area contributed by atoms with E-state index in [1.165, 1.54) is 6.42 Å². The second kappa shape index (κ2) is 7.81. The van der Waals surface area contributed by atoms with Crippen molar-refractivity contribution in [1.82, 2.24) is 4.90 Å². The second-order valence-electron chi connectivity index (χ2n) is 7.02. The molecule has 0 bridgehead atoms. The van der Waals surface area contributed by atoms with Crippen LogP contribution in [0.2, 0.25) is 0 Å². The Morgan fingerprint density at radius 1 is 1.24 bits per heavy atom. The second-order valence-corrected chi connectivity index (χ2v) is 7.02. The molecule has 4 nitrogen and oxygen atoms in total. The van der Waals surface area contributed by atoms with Crippen molar-refractivity contribution < 1.29 is 14.3 Å². The number of esters is 1. The number of carbonyl (C=O) groups is 2. The summed E-state index contributed by atoms with van der Waals surface area (Å²) in [6, 6.07) is 0.288. The van der Waals surface area contributed by atoms with Gasteiger partial charge in [0, 0.05) is 12.6 Å². The third-order valence-electron chi connectivity index (χ3n) is 4.17. The molecule has 0 aromatic carbocycles. The number of rotatable bonds is 5. The molecule has 2 unspecified atom stereocenters. The van der Waals surface area contributed by atoms with Crippen LogP contribution in [0.4, 0.5) is 0 Å². The minimum atomic E-state index is -0.699. The molecule has 1 rings (SSSR count). The average molecular weight is 297 g/mol. The summed E-state index contributed by atoms with van der Waals surface area (Å²) >= 11 is 0. The van der Waals surface area contributed by atoms with E-state index in [1.54, 1.807) is 6.92 Å². The first-order valence-corrected chi connectivity index (χ1v) is 8.30. The van der Waals surface area contributed by atoms with Crippen LogP contribution in [-0.4, -0.2) is 36.0 Å². The fourth-order valence-corrected chi connectivity index (χ4v) is 3.14. The molecule has 0 saturated carbocycles. The highest BCUT2D eigenvalue weighted by atomic mass is 16.5. The minimum absolute atomic E-state index is 0.0425. The lowest BCUT2D eigenvalue weighted by Gasteiger charge is -2.40. The summed E-state index contributed by atoms with van der Waals surface area (Å²) in [6.07, 6.45) is 5.35. The van der Waals surface area contributed by atoms with Gasteiger partial charge < -0.3 is 9.64 Å². The molecule has 0 aliphatic carbocycles. The largest absolute Gasteiger partial charge is 0.465 e. The molecule has 122 valence electrons. The highest BCUT2D eigenvalue weighted by molar-refractivity contribution is 5.98. The van der Waals surface area contributed by atoms with Crippen molar-refractivity contribution in [2.24, 2.45) is 11.3 Å². The molecule has 1 saturated heterocycles. The first kappa shape index (κ1) is 18.0. The molecule has 1 amide bonds. The lowest BCUT2D eigenvalue weighted by molar-refractivity contribution is -0.162. The third-order valence-corrected chi connectivity index (χ3v) is 4.17. The van der Waals surface area contributed by atoms with Crippen LogP contribution in [-0.2, 0) is 14.3 Å². The van der Waals surface area contributed by atoms with Gasteiger partial charge in [-0.3, -0.25) is 9.59 Å². The van der Waals surface area contributed by atoms with Crippen LogP contribution in [0.1, 0.15) is 66.7 Å². The summed E-state index contributed by atoms with van der Waals surface area (Å²) in [4.78, 5) is 27.2. The van der Waals surface area contributed by atoms with Gasteiger partial charge in [0.1, 0.15) is 5.92 Å². The molecule has 1 aliphatic rings. The van der Waals surface area contributed by atoms with E-state index in [4.69, 9.17) is 4.74 Å². The molecule has 4 heteroatoms. The van der Waals surface area contributed by atoms with Crippen molar-refractivity contribution in [3.63, 3.8) is 0 Å². The molecule has 21 heavy (non-hydrogen) atoms. The summed E-state index contributed by atoms with van der Waals surface area (Å²) in [6.45, 7) is 10.8. The van der Waals surface area contributed by atoms with E-state index in [-0.39, 0.29) is 17.9 Å². The Balaban J connectivity index is 2.95. The van der Waals surface area contributed by atoms with Crippen molar-refractivity contribution in [3.05, 3.63) is 0 Å². The summed E-state index contributed by atoms with van der Waals surface area (Å²) in [5, 5.41) is 0. The third kappa shape index (κ3) is 4.72. The maximum atomic E-state index is 13.0. The number of hydrogen-bond acceptors (Lipinski definition) is 3. The molecule has 1 fully saturated rings. The zero-order valence-electron chi connectivity index (χ0n) is 14.3. The van der Waals surface area contributed by atoms with Gasteiger partial charge in [-0.2, -0.15) is 0 Å². The first-order valence-electron chi connectivity index (χ1n) is 8.30. The van der Waals surface area contributed by atoms with E-state index in [1.807, 2.05) is 25.7 Å². The van der Waals surface area contributed by atoms with Crippen LogP contribution < -0.4 is 0 Å². The average Bonchev–Trinajstić information content (AvgIpc) is 2.38. The normalized spacial score (nSPS) is 21.0. The summed E-state index contributed by atoms with van der Waals surface area (Å²) in [5.41, 5.74) is -0.419. The van der Waals surface area contributed by atoms with Crippen molar-refractivity contribution in [3.8, 4) is 0 Å². The highest BCUT2D eigenvalue weighted by Gasteiger charge is 2.43. The van der Waals surface area contributed by atoms with Gasteiger partial charge in [-0.25, -0.2) is 0 Å². The molecule has 2 atom stereocenters. The van der Waals surface area contributed by atoms with Crippen LogP contribution in [0.25, 0.3) is 0 Å². The zero-order chi connectivity index (χ0) is 16.0. The van der Waals surface area contributed by atoms with Crippen molar-refractivity contribution in [2.75, 3.05) is 13.2 Å². The maximum Gasteiger partial charge on any atom is 0.319 e. The molecule has 1 aliphatic heterocycles. The van der Waals surface area contributed by atoms with E-state index in [2.05, 4.69) is 6.92 Å². The van der Waals surface area contributed by atoms with E-state index >= 15 is 0 Å². The molecular formula is C17H31NO3. The van der Waals surface area contributed by atoms with Gasteiger partial charge in [0.15, 0.2) is 0 Å². The SMILES string of the molecule is CCCC1CCCCN1C(=O)C(C(=O)OCC)C(C)(C)C. The van der Waals surface area contributed by atoms with Gasteiger partial charge in [0.05, 0.1) is 6.61 Å². The number of amides is 1. The predicted octanol–water partition coefficient (Wildman–Crippen LogP) is 3.39. The molecule has 0 N–H and O–H groups in total. The number of likely N-dealkylation sites (tertiary alicyclic amines) is 1. The smallest absolute Gasteiger partial charge is 0.319 e. The molecule has 0 aromatic heterocycles. The number of piperidine rings is 1. The van der Waals surface area contributed by atoms with Crippen LogP contribution in [0.15, 0.2) is 0 Å². The highest BCUT2D eigenvalue weighted by Crippen LogP contribution is 2.32. The topological polar surface area (TPSA) is 46.6 Å². The Bertz CT molecular complexity index is 358. The Kier molecular flexibility index (Phi) is 6.69. The van der Waals surface area contributed by atoms with E-state index < -0.39 is 11.3 Å². The monoisotopic (exact) mass is 297 g/mol. The number of carbonyl (C=O) groups excluding carboxylic acids is 2. The summed E-state index contributed by atoms with van der Waals surface area (Å²) < 4.78 is 5.15. The molecule has 0 spiro atoms. The van der Waals surface area contributed by atoms with Gasteiger partial charge in [-0.05, 0) is 38.0 Å². The number of nitrogens with zero attached hydrogens (tertiary/aromatic N) is 1. The van der Waals surface area contributed by atoms with Gasteiger partial charge in [0.2, 0.25) is 5.91 Å². The molecule has 0 aromatic rings. The van der Waals surface area contributed by atoms with Crippen molar-refractivity contribution in [2.45, 2.75) is 72.8 Å². The van der Waals surface area contributed by atoms with Crippen molar-refractivity contribution >= 4 is 11.9 Å². The maximum absolute atomic E-state index is 13.0. The van der Waals surface area contributed by atoms with Gasteiger partial charge >= 0.3 is 5.97 Å². The lowest BCUT2D eigenvalue weighted by Crippen LogP contribution is -2.51. The molecule has 1 heterocycles. The Morgan fingerprint density at radius 3 is 2.43 bits per heavy atom. The number of ether oxygens (including phenoxy) is 1.